The third-order valence-electron chi connectivity index (χ3n) is 5.61. The quantitative estimate of drug-likeness (QED) is 0.0829. The van der Waals surface area contributed by atoms with Crippen molar-refractivity contribution in [3.63, 3.8) is 0 Å². The molecular formula is C30H33F3N6O3. The van der Waals surface area contributed by atoms with Crippen molar-refractivity contribution >= 4 is 22.9 Å². The van der Waals surface area contributed by atoms with Gasteiger partial charge in [0.1, 0.15) is 23.1 Å². The van der Waals surface area contributed by atoms with Crippen LogP contribution in [0.3, 0.4) is 0 Å². The number of aliphatic hydroxyl groups is 1. The van der Waals surface area contributed by atoms with E-state index in [2.05, 4.69) is 25.6 Å². The zero-order valence-corrected chi connectivity index (χ0v) is 23.5. The minimum Gasteiger partial charge on any atom is -0.494 e. The lowest BCUT2D eigenvalue weighted by Crippen LogP contribution is -2.14. The topological polar surface area (TPSA) is 125 Å². The number of ether oxygens (including phenoxy) is 2. The largest absolute Gasteiger partial charge is 0.494 e. The standard InChI is InChI=1S/C28H27F3N6O3.C2H6/c1-2-39-18-13-21(29)20(22(30)14-18)15-34-23-7-4-3-6-19(23)26(32)28-35-16-24(40-11-5-10-38)27(37-28)36-17-8-9-33-25(31)12-17;1-2/h3-4,6-9,12-14,16,32,34,38H,2,5,10-11,15H2,1H3,(H,33,35,36,37);1-2H3. The highest BCUT2D eigenvalue weighted by Crippen LogP contribution is 2.28. The molecule has 222 valence electrons. The fraction of sp³-hybridized carbons (Fsp3) is 0.267. The minimum absolute atomic E-state index is 0.0132. The molecule has 2 aromatic heterocycles. The first-order valence-electron chi connectivity index (χ1n) is 13.4. The molecule has 42 heavy (non-hydrogen) atoms. The first-order chi connectivity index (χ1) is 20.4. The molecule has 12 heteroatoms. The van der Waals surface area contributed by atoms with Crippen LogP contribution in [0, 0.1) is 23.0 Å². The lowest BCUT2D eigenvalue weighted by Gasteiger charge is -2.16. The van der Waals surface area contributed by atoms with Crippen LogP contribution in [0.1, 0.15) is 44.1 Å². The van der Waals surface area contributed by atoms with Crippen molar-refractivity contribution in [2.45, 2.75) is 33.7 Å². The molecule has 0 unspecified atom stereocenters. The van der Waals surface area contributed by atoms with E-state index in [1.54, 1.807) is 31.2 Å². The van der Waals surface area contributed by atoms with Gasteiger partial charge in [0.15, 0.2) is 17.4 Å². The third kappa shape index (κ3) is 8.40. The fourth-order valence-corrected chi connectivity index (χ4v) is 3.71. The SMILES string of the molecule is CC.CCOc1cc(F)c(CNc2ccccc2C(=N)c2ncc(OCCCO)c(Nc3ccnc(F)c3)n2)c(F)c1. The summed E-state index contributed by atoms with van der Waals surface area (Å²) < 4.78 is 53.6. The molecule has 0 aliphatic rings. The molecule has 0 atom stereocenters. The summed E-state index contributed by atoms with van der Waals surface area (Å²) in [6.07, 6.45) is 3.02. The van der Waals surface area contributed by atoms with Crippen LogP contribution in [0.4, 0.5) is 30.4 Å². The van der Waals surface area contributed by atoms with E-state index in [9.17, 15) is 13.2 Å². The second kappa shape index (κ2) is 15.9. The van der Waals surface area contributed by atoms with Crippen molar-refractivity contribution < 1.29 is 27.8 Å². The Balaban J connectivity index is 0.00000237. The van der Waals surface area contributed by atoms with E-state index in [1.807, 2.05) is 13.8 Å². The van der Waals surface area contributed by atoms with Gasteiger partial charge in [0.2, 0.25) is 5.95 Å². The molecule has 0 saturated heterocycles. The molecule has 0 saturated carbocycles. The summed E-state index contributed by atoms with van der Waals surface area (Å²) in [5, 5.41) is 23.8. The number of benzene rings is 2. The Labute approximate surface area is 242 Å². The van der Waals surface area contributed by atoms with Gasteiger partial charge in [-0.2, -0.15) is 4.39 Å². The Bertz CT molecular complexity index is 1470. The molecule has 0 aliphatic heterocycles. The molecule has 0 spiro atoms. The first kappa shape index (κ1) is 31.8. The summed E-state index contributed by atoms with van der Waals surface area (Å²) in [5.41, 5.74) is 0.891. The van der Waals surface area contributed by atoms with E-state index in [0.29, 0.717) is 23.4 Å². The van der Waals surface area contributed by atoms with E-state index in [-0.39, 0.29) is 60.8 Å². The van der Waals surface area contributed by atoms with Gasteiger partial charge in [-0.15, -0.1) is 0 Å². The van der Waals surface area contributed by atoms with Crippen molar-refractivity contribution in [1.29, 1.82) is 5.41 Å². The zero-order chi connectivity index (χ0) is 30.5. The van der Waals surface area contributed by atoms with Crippen LogP contribution in [-0.4, -0.2) is 45.6 Å². The molecule has 0 amide bonds. The molecule has 2 heterocycles. The number of aliphatic hydroxyl groups excluding tert-OH is 1. The summed E-state index contributed by atoms with van der Waals surface area (Å²) in [6.45, 7) is 5.92. The molecular weight excluding hydrogens is 549 g/mol. The van der Waals surface area contributed by atoms with Gasteiger partial charge in [-0.05, 0) is 19.1 Å². The summed E-state index contributed by atoms with van der Waals surface area (Å²) >= 11 is 0. The molecule has 0 fully saturated rings. The van der Waals surface area contributed by atoms with E-state index >= 15 is 0 Å². The zero-order valence-electron chi connectivity index (χ0n) is 23.5. The number of pyridine rings is 1. The average molecular weight is 583 g/mol. The maximum absolute atomic E-state index is 14.6. The van der Waals surface area contributed by atoms with Gasteiger partial charge in [0, 0.05) is 66.5 Å². The Morgan fingerprint density at radius 3 is 2.43 bits per heavy atom. The van der Waals surface area contributed by atoms with E-state index in [4.69, 9.17) is 20.0 Å². The van der Waals surface area contributed by atoms with Crippen molar-refractivity contribution in [1.82, 2.24) is 15.0 Å². The van der Waals surface area contributed by atoms with Crippen LogP contribution in [0.15, 0.2) is 60.9 Å². The van der Waals surface area contributed by atoms with Gasteiger partial charge in [-0.25, -0.2) is 23.7 Å². The number of hydrogen-bond acceptors (Lipinski definition) is 9. The molecule has 4 rings (SSSR count). The Morgan fingerprint density at radius 2 is 1.74 bits per heavy atom. The molecule has 9 nitrogen and oxygen atoms in total. The number of aromatic nitrogens is 3. The number of rotatable bonds is 13. The van der Waals surface area contributed by atoms with Crippen LogP contribution >= 0.6 is 0 Å². The number of para-hydroxylation sites is 1. The van der Waals surface area contributed by atoms with Crippen LogP contribution in [-0.2, 0) is 6.54 Å². The lowest BCUT2D eigenvalue weighted by atomic mass is 10.1. The van der Waals surface area contributed by atoms with E-state index in [0.717, 1.165) is 12.1 Å². The van der Waals surface area contributed by atoms with Gasteiger partial charge in [0.05, 0.1) is 19.4 Å². The van der Waals surface area contributed by atoms with Crippen LogP contribution in [0.5, 0.6) is 11.5 Å². The van der Waals surface area contributed by atoms with Crippen LogP contribution < -0.4 is 20.1 Å². The number of hydrogen-bond donors (Lipinski definition) is 4. The normalized spacial score (nSPS) is 10.4. The highest BCUT2D eigenvalue weighted by Gasteiger charge is 2.18. The second-order valence-corrected chi connectivity index (χ2v) is 8.40. The second-order valence-electron chi connectivity index (χ2n) is 8.40. The smallest absolute Gasteiger partial charge is 0.214 e. The molecule has 2 aromatic carbocycles. The van der Waals surface area contributed by atoms with Gasteiger partial charge >= 0.3 is 0 Å². The lowest BCUT2D eigenvalue weighted by molar-refractivity contribution is 0.233. The Morgan fingerprint density at radius 1 is 1.00 bits per heavy atom. The summed E-state index contributed by atoms with van der Waals surface area (Å²) in [7, 11) is 0. The third-order valence-corrected chi connectivity index (χ3v) is 5.61. The van der Waals surface area contributed by atoms with Crippen LogP contribution in [0.2, 0.25) is 0 Å². The Kier molecular flexibility index (Phi) is 12.1. The van der Waals surface area contributed by atoms with E-state index < -0.39 is 17.6 Å². The van der Waals surface area contributed by atoms with Gasteiger partial charge in [-0.1, -0.05) is 32.0 Å². The number of nitrogens with one attached hydrogen (secondary N) is 3. The average Bonchev–Trinajstić information content (AvgIpc) is 2.98. The highest BCUT2D eigenvalue weighted by atomic mass is 19.1. The monoisotopic (exact) mass is 582 g/mol. The number of halogens is 3. The maximum atomic E-state index is 14.6. The first-order valence-corrected chi connectivity index (χ1v) is 13.4. The van der Waals surface area contributed by atoms with Gasteiger partial charge in [-0.3, -0.25) is 5.41 Å². The van der Waals surface area contributed by atoms with Crippen molar-refractivity contribution in [2.24, 2.45) is 0 Å². The number of nitrogens with zero attached hydrogens (tertiary/aromatic N) is 3. The highest BCUT2D eigenvalue weighted by molar-refractivity contribution is 6.12. The van der Waals surface area contributed by atoms with Crippen LogP contribution in [0.25, 0.3) is 0 Å². The van der Waals surface area contributed by atoms with Crippen molar-refractivity contribution in [3.05, 3.63) is 95.5 Å². The van der Waals surface area contributed by atoms with Crippen molar-refractivity contribution in [3.8, 4) is 11.5 Å². The summed E-state index contributed by atoms with van der Waals surface area (Å²) in [5.74, 6) is -1.70. The predicted octanol–water partition coefficient (Wildman–Crippen LogP) is 6.25. The van der Waals surface area contributed by atoms with Crippen molar-refractivity contribution in [2.75, 3.05) is 30.5 Å². The molecule has 0 aliphatic carbocycles. The summed E-state index contributed by atoms with van der Waals surface area (Å²) in [4.78, 5) is 12.2. The minimum atomic E-state index is -0.758. The van der Waals surface area contributed by atoms with Gasteiger partial charge < -0.3 is 25.2 Å². The fourth-order valence-electron chi connectivity index (χ4n) is 3.71. The number of anilines is 3. The predicted molar refractivity (Wildman–Crippen MR) is 155 cm³/mol. The maximum Gasteiger partial charge on any atom is 0.214 e. The molecule has 4 N–H and O–H groups in total. The summed E-state index contributed by atoms with van der Waals surface area (Å²) in [6, 6.07) is 11.7. The Hall–Kier alpha value is -4.71. The molecule has 0 radical (unpaired) electrons. The van der Waals surface area contributed by atoms with E-state index in [1.165, 1.54) is 24.5 Å². The molecule has 4 aromatic rings. The molecule has 0 bridgehead atoms. The van der Waals surface area contributed by atoms with Gasteiger partial charge in [0.25, 0.3) is 0 Å².